The first-order valence-corrected chi connectivity index (χ1v) is 6.50. The third-order valence-corrected chi connectivity index (χ3v) is 3.62. The molecule has 2 nitrogen and oxygen atoms in total. The molecule has 0 aliphatic heterocycles. The molecule has 0 amide bonds. The SMILES string of the molecule is O=C(O)C(CCC1CC1)Cc1ccc(Cl)cc1. The molecule has 92 valence electrons. The van der Waals surface area contributed by atoms with Crippen molar-refractivity contribution in [1.29, 1.82) is 0 Å². The molecule has 1 aliphatic carbocycles. The third kappa shape index (κ3) is 4.04. The molecule has 1 aromatic rings. The first-order chi connectivity index (χ1) is 8.15. The van der Waals surface area contributed by atoms with E-state index < -0.39 is 5.97 Å². The van der Waals surface area contributed by atoms with Crippen molar-refractivity contribution in [3.05, 3.63) is 34.9 Å². The molecule has 0 bridgehead atoms. The Morgan fingerprint density at radius 2 is 2.00 bits per heavy atom. The fraction of sp³-hybridized carbons (Fsp3) is 0.500. The maximum atomic E-state index is 11.2. The van der Waals surface area contributed by atoms with Gasteiger partial charge in [-0.05, 0) is 42.9 Å². The smallest absolute Gasteiger partial charge is 0.306 e. The van der Waals surface area contributed by atoms with Crippen LogP contribution in [0.3, 0.4) is 0 Å². The highest BCUT2D eigenvalue weighted by atomic mass is 35.5. The van der Waals surface area contributed by atoms with Crippen molar-refractivity contribution in [2.24, 2.45) is 11.8 Å². The van der Waals surface area contributed by atoms with Crippen LogP contribution in [0.25, 0.3) is 0 Å². The van der Waals surface area contributed by atoms with Crippen molar-refractivity contribution in [2.75, 3.05) is 0 Å². The summed E-state index contributed by atoms with van der Waals surface area (Å²) >= 11 is 5.81. The lowest BCUT2D eigenvalue weighted by atomic mass is 9.94. The topological polar surface area (TPSA) is 37.3 Å². The highest BCUT2D eigenvalue weighted by Crippen LogP contribution is 2.35. The lowest BCUT2D eigenvalue weighted by Gasteiger charge is -2.12. The van der Waals surface area contributed by atoms with Gasteiger partial charge in [-0.3, -0.25) is 4.79 Å². The van der Waals surface area contributed by atoms with Gasteiger partial charge >= 0.3 is 5.97 Å². The third-order valence-electron chi connectivity index (χ3n) is 3.36. The van der Waals surface area contributed by atoms with Crippen molar-refractivity contribution in [3.63, 3.8) is 0 Å². The Kier molecular flexibility index (Phi) is 4.06. The Balaban J connectivity index is 1.91. The molecule has 1 fully saturated rings. The van der Waals surface area contributed by atoms with Crippen LogP contribution in [0.1, 0.15) is 31.2 Å². The fourth-order valence-corrected chi connectivity index (χ4v) is 2.19. The van der Waals surface area contributed by atoms with Crippen LogP contribution in [0.5, 0.6) is 0 Å². The van der Waals surface area contributed by atoms with Gasteiger partial charge in [0, 0.05) is 5.02 Å². The Morgan fingerprint density at radius 3 is 2.53 bits per heavy atom. The summed E-state index contributed by atoms with van der Waals surface area (Å²) in [7, 11) is 0. The van der Waals surface area contributed by atoms with Crippen molar-refractivity contribution >= 4 is 17.6 Å². The molecule has 3 heteroatoms. The van der Waals surface area contributed by atoms with Crippen molar-refractivity contribution in [1.82, 2.24) is 0 Å². The predicted molar refractivity (Wildman–Crippen MR) is 68.2 cm³/mol. The number of carboxylic acids is 1. The van der Waals surface area contributed by atoms with E-state index in [-0.39, 0.29) is 5.92 Å². The van der Waals surface area contributed by atoms with Crippen LogP contribution in [0, 0.1) is 11.8 Å². The minimum atomic E-state index is -0.680. The van der Waals surface area contributed by atoms with Crippen molar-refractivity contribution < 1.29 is 9.90 Å². The molecule has 2 rings (SSSR count). The largest absolute Gasteiger partial charge is 0.481 e. The Morgan fingerprint density at radius 1 is 1.35 bits per heavy atom. The monoisotopic (exact) mass is 252 g/mol. The second kappa shape index (κ2) is 5.54. The minimum Gasteiger partial charge on any atom is -0.481 e. The van der Waals surface area contributed by atoms with E-state index in [1.54, 1.807) is 0 Å². The van der Waals surface area contributed by atoms with Gasteiger partial charge in [-0.1, -0.05) is 36.6 Å². The minimum absolute atomic E-state index is 0.253. The maximum Gasteiger partial charge on any atom is 0.306 e. The Labute approximate surface area is 107 Å². The van der Waals surface area contributed by atoms with Crippen LogP contribution in [0.4, 0.5) is 0 Å². The zero-order chi connectivity index (χ0) is 12.3. The van der Waals surface area contributed by atoms with E-state index in [1.807, 2.05) is 24.3 Å². The number of hydrogen-bond acceptors (Lipinski definition) is 1. The molecule has 1 unspecified atom stereocenters. The summed E-state index contributed by atoms with van der Waals surface area (Å²) in [5, 5.41) is 9.89. The zero-order valence-electron chi connectivity index (χ0n) is 9.73. The van der Waals surface area contributed by atoms with Crippen molar-refractivity contribution in [3.8, 4) is 0 Å². The van der Waals surface area contributed by atoms with E-state index in [0.717, 1.165) is 24.3 Å². The molecular weight excluding hydrogens is 236 g/mol. The molecule has 1 saturated carbocycles. The highest BCUT2D eigenvalue weighted by molar-refractivity contribution is 6.30. The molecule has 1 aliphatic rings. The summed E-state index contributed by atoms with van der Waals surface area (Å²) in [4.78, 5) is 11.2. The lowest BCUT2D eigenvalue weighted by Crippen LogP contribution is -2.16. The van der Waals surface area contributed by atoms with Gasteiger partial charge in [-0.15, -0.1) is 0 Å². The molecule has 0 spiro atoms. The van der Waals surface area contributed by atoms with E-state index in [0.29, 0.717) is 11.4 Å². The van der Waals surface area contributed by atoms with Crippen LogP contribution < -0.4 is 0 Å². The van der Waals surface area contributed by atoms with Crippen LogP contribution >= 0.6 is 11.6 Å². The van der Waals surface area contributed by atoms with Gasteiger partial charge in [0.05, 0.1) is 5.92 Å². The summed E-state index contributed by atoms with van der Waals surface area (Å²) in [6.45, 7) is 0. The standard InChI is InChI=1S/C14H17ClO2/c15-13-7-4-11(5-8-13)9-12(14(16)17)6-3-10-1-2-10/h4-5,7-8,10,12H,1-3,6,9H2,(H,16,17). The molecule has 1 N–H and O–H groups in total. The lowest BCUT2D eigenvalue weighted by molar-refractivity contribution is -0.142. The number of rotatable bonds is 6. The number of aliphatic carboxylic acids is 1. The van der Waals surface area contributed by atoms with Crippen LogP contribution in [-0.4, -0.2) is 11.1 Å². The Hall–Kier alpha value is -1.02. The molecule has 0 radical (unpaired) electrons. The highest BCUT2D eigenvalue weighted by Gasteiger charge is 2.25. The number of carbonyl (C=O) groups is 1. The molecule has 0 aromatic heterocycles. The van der Waals surface area contributed by atoms with E-state index in [1.165, 1.54) is 12.8 Å². The van der Waals surface area contributed by atoms with Gasteiger partial charge in [-0.2, -0.15) is 0 Å². The number of benzene rings is 1. The van der Waals surface area contributed by atoms with E-state index in [2.05, 4.69) is 0 Å². The van der Waals surface area contributed by atoms with Gasteiger partial charge in [0.25, 0.3) is 0 Å². The van der Waals surface area contributed by atoms with E-state index >= 15 is 0 Å². The normalized spacial score (nSPS) is 16.8. The first kappa shape index (κ1) is 12.4. The number of halogens is 1. The second-order valence-electron chi connectivity index (χ2n) is 4.89. The maximum absolute atomic E-state index is 11.2. The fourth-order valence-electron chi connectivity index (χ4n) is 2.06. The van der Waals surface area contributed by atoms with Gasteiger partial charge in [0.2, 0.25) is 0 Å². The van der Waals surface area contributed by atoms with Gasteiger partial charge in [0.15, 0.2) is 0 Å². The average molecular weight is 253 g/mol. The van der Waals surface area contributed by atoms with Crippen LogP contribution in [-0.2, 0) is 11.2 Å². The van der Waals surface area contributed by atoms with Crippen LogP contribution in [0.2, 0.25) is 5.02 Å². The molecule has 17 heavy (non-hydrogen) atoms. The summed E-state index contributed by atoms with van der Waals surface area (Å²) in [5.41, 5.74) is 1.05. The average Bonchev–Trinajstić information content (AvgIpc) is 3.10. The zero-order valence-corrected chi connectivity index (χ0v) is 10.5. The summed E-state index contributed by atoms with van der Waals surface area (Å²) in [6.07, 6.45) is 5.03. The quantitative estimate of drug-likeness (QED) is 0.837. The summed E-state index contributed by atoms with van der Waals surface area (Å²) in [5.74, 6) is -0.139. The van der Waals surface area contributed by atoms with Gasteiger partial charge in [0.1, 0.15) is 0 Å². The van der Waals surface area contributed by atoms with E-state index in [9.17, 15) is 9.90 Å². The Bertz CT molecular complexity index is 382. The van der Waals surface area contributed by atoms with Gasteiger partial charge in [-0.25, -0.2) is 0 Å². The van der Waals surface area contributed by atoms with Crippen molar-refractivity contribution in [2.45, 2.75) is 32.1 Å². The van der Waals surface area contributed by atoms with Gasteiger partial charge < -0.3 is 5.11 Å². The molecule has 0 heterocycles. The number of hydrogen-bond donors (Lipinski definition) is 1. The summed E-state index contributed by atoms with van der Waals surface area (Å²) < 4.78 is 0. The first-order valence-electron chi connectivity index (χ1n) is 6.12. The second-order valence-corrected chi connectivity index (χ2v) is 5.32. The van der Waals surface area contributed by atoms with Crippen LogP contribution in [0.15, 0.2) is 24.3 Å². The number of carboxylic acid groups (broad SMARTS) is 1. The molecule has 0 saturated heterocycles. The van der Waals surface area contributed by atoms with E-state index in [4.69, 9.17) is 11.6 Å². The predicted octanol–water partition coefficient (Wildman–Crippen LogP) is 3.77. The molecule has 1 aromatic carbocycles. The molecule has 1 atom stereocenters. The summed E-state index contributed by atoms with van der Waals surface area (Å²) in [6, 6.07) is 7.46. The molecular formula is C14H17ClO2.